The van der Waals surface area contributed by atoms with Crippen molar-refractivity contribution in [3.8, 4) is 0 Å². The molecule has 78 valence electrons. The first kappa shape index (κ1) is 10.9. The Kier molecular flexibility index (Phi) is 4.66. The number of unbranched alkanes of at least 4 members (excludes halogenated alkanes) is 1. The van der Waals surface area contributed by atoms with Gasteiger partial charge < -0.3 is 19.7 Å². The molecule has 0 aromatic carbocycles. The lowest BCUT2D eigenvalue weighted by atomic mass is 9.97. The highest BCUT2D eigenvalue weighted by Crippen LogP contribution is 2.22. The fourth-order valence-electron chi connectivity index (χ4n) is 1.49. The van der Waals surface area contributed by atoms with Gasteiger partial charge in [0.25, 0.3) is 0 Å². The number of rotatable bonds is 5. The molecule has 1 aliphatic heterocycles. The molecule has 1 fully saturated rings. The van der Waals surface area contributed by atoms with Crippen LogP contribution in [-0.4, -0.2) is 48.8 Å². The van der Waals surface area contributed by atoms with Crippen LogP contribution in [0.5, 0.6) is 0 Å². The molecular formula is C9H18O4. The largest absolute Gasteiger partial charge is 0.396 e. The third-order valence-corrected chi connectivity index (χ3v) is 2.33. The molecule has 1 atom stereocenters. The van der Waals surface area contributed by atoms with Crippen LogP contribution >= 0.6 is 0 Å². The summed E-state index contributed by atoms with van der Waals surface area (Å²) in [6.45, 7) is 1.83. The van der Waals surface area contributed by atoms with Gasteiger partial charge in [-0.15, -0.1) is 0 Å². The maximum Gasteiger partial charge on any atom is 0.114 e. The second kappa shape index (κ2) is 5.54. The summed E-state index contributed by atoms with van der Waals surface area (Å²) in [5, 5.41) is 17.8. The molecule has 4 nitrogen and oxygen atoms in total. The first-order valence-corrected chi connectivity index (χ1v) is 4.76. The SMILES string of the molecule is OCCCC[C@]1(CO)COCCO1. The lowest BCUT2D eigenvalue weighted by Gasteiger charge is -2.35. The number of hydrogen-bond acceptors (Lipinski definition) is 4. The van der Waals surface area contributed by atoms with E-state index in [4.69, 9.17) is 14.6 Å². The van der Waals surface area contributed by atoms with Crippen LogP contribution in [-0.2, 0) is 9.47 Å². The molecule has 0 unspecified atom stereocenters. The van der Waals surface area contributed by atoms with Gasteiger partial charge in [-0.25, -0.2) is 0 Å². The fraction of sp³-hybridized carbons (Fsp3) is 1.00. The van der Waals surface area contributed by atoms with E-state index >= 15 is 0 Å². The van der Waals surface area contributed by atoms with E-state index in [1.165, 1.54) is 0 Å². The summed E-state index contributed by atoms with van der Waals surface area (Å²) < 4.78 is 10.8. The summed E-state index contributed by atoms with van der Waals surface area (Å²) in [5.41, 5.74) is -0.507. The molecule has 0 spiro atoms. The minimum absolute atomic E-state index is 0.00156. The van der Waals surface area contributed by atoms with E-state index in [1.54, 1.807) is 0 Å². The van der Waals surface area contributed by atoms with Crippen LogP contribution in [0.1, 0.15) is 19.3 Å². The van der Waals surface area contributed by atoms with Crippen LogP contribution in [0.25, 0.3) is 0 Å². The highest BCUT2D eigenvalue weighted by molar-refractivity contribution is 4.81. The van der Waals surface area contributed by atoms with E-state index < -0.39 is 5.60 Å². The Balaban J connectivity index is 2.29. The third kappa shape index (κ3) is 3.23. The molecule has 0 aromatic rings. The lowest BCUT2D eigenvalue weighted by Crippen LogP contribution is -2.46. The maximum atomic E-state index is 9.17. The average Bonchev–Trinajstić information content (AvgIpc) is 2.20. The Morgan fingerprint density at radius 1 is 1.15 bits per heavy atom. The summed E-state index contributed by atoms with van der Waals surface area (Å²) in [6, 6.07) is 0. The van der Waals surface area contributed by atoms with Gasteiger partial charge in [0.1, 0.15) is 5.60 Å². The molecule has 13 heavy (non-hydrogen) atoms. The molecule has 0 bridgehead atoms. The zero-order valence-corrected chi connectivity index (χ0v) is 7.87. The van der Waals surface area contributed by atoms with Crippen LogP contribution in [0.4, 0.5) is 0 Å². The van der Waals surface area contributed by atoms with Crippen molar-refractivity contribution in [3.63, 3.8) is 0 Å². The van der Waals surface area contributed by atoms with Crippen molar-refractivity contribution in [2.45, 2.75) is 24.9 Å². The quantitative estimate of drug-likeness (QED) is 0.596. The van der Waals surface area contributed by atoms with Crippen molar-refractivity contribution in [1.29, 1.82) is 0 Å². The number of aliphatic hydroxyl groups excluding tert-OH is 2. The van der Waals surface area contributed by atoms with Crippen molar-refractivity contribution in [1.82, 2.24) is 0 Å². The summed E-state index contributed by atoms with van der Waals surface area (Å²) in [6.07, 6.45) is 2.37. The molecule has 0 radical (unpaired) electrons. The van der Waals surface area contributed by atoms with Crippen LogP contribution in [0, 0.1) is 0 Å². The zero-order valence-electron chi connectivity index (χ0n) is 7.87. The first-order valence-electron chi connectivity index (χ1n) is 4.76. The van der Waals surface area contributed by atoms with Gasteiger partial charge in [-0.1, -0.05) is 0 Å². The van der Waals surface area contributed by atoms with Gasteiger partial charge in [-0.2, -0.15) is 0 Å². The monoisotopic (exact) mass is 190 g/mol. The minimum atomic E-state index is -0.507. The first-order chi connectivity index (χ1) is 6.33. The summed E-state index contributed by atoms with van der Waals surface area (Å²) in [5.74, 6) is 0. The normalized spacial score (nSPS) is 29.1. The molecule has 1 aliphatic rings. The van der Waals surface area contributed by atoms with Crippen molar-refractivity contribution in [2.75, 3.05) is 33.0 Å². The van der Waals surface area contributed by atoms with Crippen molar-refractivity contribution in [2.24, 2.45) is 0 Å². The molecular weight excluding hydrogens is 172 g/mol. The molecule has 1 heterocycles. The summed E-state index contributed by atoms with van der Waals surface area (Å²) >= 11 is 0. The molecule has 2 N–H and O–H groups in total. The van der Waals surface area contributed by atoms with Crippen LogP contribution in [0.15, 0.2) is 0 Å². The average molecular weight is 190 g/mol. The lowest BCUT2D eigenvalue weighted by molar-refractivity contribution is -0.178. The standard InChI is InChI=1S/C9H18O4/c10-4-2-1-3-9(7-11)8-12-5-6-13-9/h10-11H,1-8H2/t9-/m0/s1. The van der Waals surface area contributed by atoms with E-state index in [-0.39, 0.29) is 13.2 Å². The second-order valence-corrected chi connectivity index (χ2v) is 3.42. The van der Waals surface area contributed by atoms with E-state index in [0.29, 0.717) is 19.8 Å². The van der Waals surface area contributed by atoms with Gasteiger partial charge >= 0.3 is 0 Å². The molecule has 4 heteroatoms. The highest BCUT2D eigenvalue weighted by atomic mass is 16.6. The third-order valence-electron chi connectivity index (χ3n) is 2.33. The Hall–Kier alpha value is -0.160. The number of aliphatic hydroxyl groups is 2. The molecule has 0 amide bonds. The van der Waals surface area contributed by atoms with Crippen LogP contribution in [0.2, 0.25) is 0 Å². The summed E-state index contributed by atoms with van der Waals surface area (Å²) in [4.78, 5) is 0. The van der Waals surface area contributed by atoms with Crippen molar-refractivity contribution < 1.29 is 19.7 Å². The molecule has 1 rings (SSSR count). The van der Waals surface area contributed by atoms with Crippen LogP contribution in [0.3, 0.4) is 0 Å². The molecule has 0 saturated carbocycles. The number of ether oxygens (including phenoxy) is 2. The highest BCUT2D eigenvalue weighted by Gasteiger charge is 2.32. The molecule has 0 aromatic heterocycles. The van der Waals surface area contributed by atoms with E-state index in [9.17, 15) is 5.11 Å². The van der Waals surface area contributed by atoms with Crippen LogP contribution < -0.4 is 0 Å². The minimum Gasteiger partial charge on any atom is -0.396 e. The summed E-state index contributed by atoms with van der Waals surface area (Å²) in [7, 11) is 0. The smallest absolute Gasteiger partial charge is 0.114 e. The predicted octanol–water partition coefficient (Wildman–Crippen LogP) is -0.0731. The Labute approximate surface area is 78.5 Å². The van der Waals surface area contributed by atoms with Gasteiger partial charge in [0.05, 0.1) is 26.4 Å². The fourth-order valence-corrected chi connectivity index (χ4v) is 1.49. The Morgan fingerprint density at radius 3 is 2.54 bits per heavy atom. The van der Waals surface area contributed by atoms with E-state index in [2.05, 4.69) is 0 Å². The molecule has 0 aliphatic carbocycles. The predicted molar refractivity (Wildman–Crippen MR) is 47.5 cm³/mol. The van der Waals surface area contributed by atoms with Gasteiger partial charge in [-0.05, 0) is 19.3 Å². The van der Waals surface area contributed by atoms with Crippen molar-refractivity contribution >= 4 is 0 Å². The Bertz CT molecular complexity index is 132. The molecule has 1 saturated heterocycles. The topological polar surface area (TPSA) is 58.9 Å². The Morgan fingerprint density at radius 2 is 2.00 bits per heavy atom. The van der Waals surface area contributed by atoms with E-state index in [0.717, 1.165) is 19.3 Å². The van der Waals surface area contributed by atoms with Gasteiger partial charge in [-0.3, -0.25) is 0 Å². The van der Waals surface area contributed by atoms with E-state index in [1.807, 2.05) is 0 Å². The zero-order chi connectivity index (χ0) is 9.57. The second-order valence-electron chi connectivity index (χ2n) is 3.42. The van der Waals surface area contributed by atoms with Gasteiger partial charge in [0.15, 0.2) is 0 Å². The van der Waals surface area contributed by atoms with Gasteiger partial charge in [0.2, 0.25) is 0 Å². The van der Waals surface area contributed by atoms with Crippen molar-refractivity contribution in [3.05, 3.63) is 0 Å². The van der Waals surface area contributed by atoms with Gasteiger partial charge in [0, 0.05) is 6.61 Å². The number of hydrogen-bond donors (Lipinski definition) is 2. The maximum absolute atomic E-state index is 9.17.